The largest absolute Gasteiger partial charge is 0.341 e. The molecule has 1 aliphatic heterocycles. The van der Waals surface area contributed by atoms with Crippen LogP contribution in [0.1, 0.15) is 29.9 Å². The first-order valence-corrected chi connectivity index (χ1v) is 11.3. The molecule has 0 unspecified atom stereocenters. The first-order valence-electron chi connectivity index (χ1n) is 9.84. The van der Waals surface area contributed by atoms with E-state index in [0.29, 0.717) is 22.9 Å². The van der Waals surface area contributed by atoms with Crippen LogP contribution in [-0.2, 0) is 10.0 Å². The van der Waals surface area contributed by atoms with Crippen molar-refractivity contribution in [3.8, 4) is 0 Å². The summed E-state index contributed by atoms with van der Waals surface area (Å²) in [5, 5.41) is 9.93. The zero-order valence-electron chi connectivity index (χ0n) is 17.2. The number of aryl methyl sites for hydroxylation is 3. The van der Waals surface area contributed by atoms with E-state index in [4.69, 9.17) is 0 Å². The zero-order chi connectivity index (χ0) is 21.3. The lowest BCUT2D eigenvalue weighted by Gasteiger charge is -2.17. The molecule has 10 heteroatoms. The van der Waals surface area contributed by atoms with Crippen LogP contribution in [0.4, 0.5) is 23.1 Å². The first-order chi connectivity index (χ1) is 14.3. The zero-order valence-corrected chi connectivity index (χ0v) is 18.0. The van der Waals surface area contributed by atoms with Crippen molar-refractivity contribution in [1.29, 1.82) is 0 Å². The predicted molar refractivity (Wildman–Crippen MR) is 117 cm³/mol. The van der Waals surface area contributed by atoms with Gasteiger partial charge in [0.15, 0.2) is 0 Å². The molecule has 158 valence electrons. The SMILES string of the molecule is Cc1cc(Nc2ccc(NS(=O)(=O)c3c(C)n[nH]c3C)cc2)nc(N2CCCC2)n1. The van der Waals surface area contributed by atoms with Crippen LogP contribution in [0.2, 0.25) is 0 Å². The van der Waals surface area contributed by atoms with E-state index in [1.54, 1.807) is 38.1 Å². The van der Waals surface area contributed by atoms with Crippen molar-refractivity contribution in [2.75, 3.05) is 28.0 Å². The number of anilines is 4. The van der Waals surface area contributed by atoms with Gasteiger partial charge in [-0.2, -0.15) is 10.1 Å². The summed E-state index contributed by atoms with van der Waals surface area (Å²) in [6.07, 6.45) is 2.32. The molecule has 0 aliphatic carbocycles. The van der Waals surface area contributed by atoms with E-state index in [9.17, 15) is 8.42 Å². The summed E-state index contributed by atoms with van der Waals surface area (Å²) in [5.41, 5.74) is 3.11. The number of nitrogens with one attached hydrogen (secondary N) is 3. The molecule has 1 fully saturated rings. The number of nitrogens with zero attached hydrogens (tertiary/aromatic N) is 4. The number of rotatable bonds is 6. The van der Waals surface area contributed by atoms with Crippen LogP contribution in [0.15, 0.2) is 35.2 Å². The Morgan fingerprint density at radius 2 is 1.67 bits per heavy atom. The Morgan fingerprint density at radius 3 is 2.30 bits per heavy atom. The van der Waals surface area contributed by atoms with E-state index < -0.39 is 10.0 Å². The Kier molecular flexibility index (Phi) is 5.33. The van der Waals surface area contributed by atoms with Crippen molar-refractivity contribution in [2.45, 2.75) is 38.5 Å². The van der Waals surface area contributed by atoms with Gasteiger partial charge in [-0.1, -0.05) is 0 Å². The average molecular weight is 428 g/mol. The second-order valence-corrected chi connectivity index (χ2v) is 9.08. The molecule has 1 aromatic carbocycles. The number of aromatic amines is 1. The van der Waals surface area contributed by atoms with Crippen molar-refractivity contribution in [1.82, 2.24) is 20.2 Å². The fourth-order valence-electron chi connectivity index (χ4n) is 3.59. The Labute approximate surface area is 176 Å². The Hall–Kier alpha value is -3.14. The number of aromatic nitrogens is 4. The maximum atomic E-state index is 12.7. The molecule has 0 saturated carbocycles. The molecule has 3 aromatic rings. The third kappa shape index (κ3) is 4.23. The molecular formula is C20H25N7O2S. The molecule has 2 aromatic heterocycles. The molecule has 0 spiro atoms. The lowest BCUT2D eigenvalue weighted by Crippen LogP contribution is -2.21. The highest BCUT2D eigenvalue weighted by atomic mass is 32.2. The van der Waals surface area contributed by atoms with Crippen molar-refractivity contribution in [3.05, 3.63) is 47.4 Å². The normalized spacial score (nSPS) is 14.2. The molecule has 1 saturated heterocycles. The van der Waals surface area contributed by atoms with Crippen molar-refractivity contribution in [3.63, 3.8) is 0 Å². The Balaban J connectivity index is 1.49. The van der Waals surface area contributed by atoms with Crippen molar-refractivity contribution < 1.29 is 8.42 Å². The molecular weight excluding hydrogens is 402 g/mol. The Morgan fingerprint density at radius 1 is 1.00 bits per heavy atom. The minimum atomic E-state index is -3.71. The van der Waals surface area contributed by atoms with Crippen LogP contribution in [0, 0.1) is 20.8 Å². The smallest absolute Gasteiger partial charge is 0.265 e. The third-order valence-electron chi connectivity index (χ3n) is 4.97. The monoisotopic (exact) mass is 427 g/mol. The van der Waals surface area contributed by atoms with E-state index >= 15 is 0 Å². The lowest BCUT2D eigenvalue weighted by molar-refractivity contribution is 0.600. The van der Waals surface area contributed by atoms with Gasteiger partial charge in [-0.3, -0.25) is 9.82 Å². The van der Waals surface area contributed by atoms with Gasteiger partial charge in [0.2, 0.25) is 5.95 Å². The number of sulfonamides is 1. The van der Waals surface area contributed by atoms with Crippen LogP contribution < -0.4 is 14.9 Å². The van der Waals surface area contributed by atoms with Gasteiger partial charge in [-0.15, -0.1) is 0 Å². The van der Waals surface area contributed by atoms with Gasteiger partial charge < -0.3 is 10.2 Å². The summed E-state index contributed by atoms with van der Waals surface area (Å²) in [6, 6.07) is 8.92. The Bertz CT molecular complexity index is 1130. The first kappa shape index (κ1) is 20.1. The maximum absolute atomic E-state index is 12.7. The molecule has 0 radical (unpaired) electrons. The molecule has 3 N–H and O–H groups in total. The summed E-state index contributed by atoms with van der Waals surface area (Å²) in [6.45, 7) is 7.25. The highest BCUT2D eigenvalue weighted by Crippen LogP contribution is 2.24. The van der Waals surface area contributed by atoms with Gasteiger partial charge >= 0.3 is 0 Å². The van der Waals surface area contributed by atoms with Crippen LogP contribution >= 0.6 is 0 Å². The number of hydrogen-bond acceptors (Lipinski definition) is 7. The second kappa shape index (κ2) is 7.94. The minimum absolute atomic E-state index is 0.176. The molecule has 4 rings (SSSR count). The van der Waals surface area contributed by atoms with E-state index in [1.165, 1.54) is 0 Å². The summed E-state index contributed by atoms with van der Waals surface area (Å²) in [7, 11) is -3.71. The van der Waals surface area contributed by atoms with Crippen LogP contribution in [0.25, 0.3) is 0 Å². The fourth-order valence-corrected chi connectivity index (χ4v) is 5.02. The van der Waals surface area contributed by atoms with E-state index in [2.05, 4.69) is 35.1 Å². The molecule has 0 bridgehead atoms. The summed E-state index contributed by atoms with van der Waals surface area (Å²) >= 11 is 0. The molecule has 9 nitrogen and oxygen atoms in total. The number of H-pyrrole nitrogens is 1. The van der Waals surface area contributed by atoms with E-state index in [-0.39, 0.29) is 4.90 Å². The summed E-state index contributed by atoms with van der Waals surface area (Å²) < 4.78 is 27.9. The molecule has 3 heterocycles. The van der Waals surface area contributed by atoms with Crippen LogP contribution in [-0.4, -0.2) is 41.7 Å². The highest BCUT2D eigenvalue weighted by Gasteiger charge is 2.22. The topological polar surface area (TPSA) is 116 Å². The van der Waals surface area contributed by atoms with E-state index in [0.717, 1.165) is 43.3 Å². The van der Waals surface area contributed by atoms with Gasteiger partial charge in [0.25, 0.3) is 10.0 Å². The van der Waals surface area contributed by atoms with Gasteiger partial charge in [0.05, 0.1) is 11.4 Å². The maximum Gasteiger partial charge on any atom is 0.265 e. The average Bonchev–Trinajstić information content (AvgIpc) is 3.33. The second-order valence-electron chi connectivity index (χ2n) is 7.46. The van der Waals surface area contributed by atoms with Crippen LogP contribution in [0.5, 0.6) is 0 Å². The standard InChI is InChI=1S/C20H25N7O2S/c1-13-12-18(23-20(21-13)27-10-4-5-11-27)22-16-6-8-17(9-7-16)26-30(28,29)19-14(2)24-25-15(19)3/h6-9,12,26H,4-5,10-11H2,1-3H3,(H,24,25)(H,21,22,23). The fraction of sp³-hybridized carbons (Fsp3) is 0.350. The molecule has 0 amide bonds. The van der Waals surface area contributed by atoms with Gasteiger partial charge in [0.1, 0.15) is 10.7 Å². The van der Waals surface area contributed by atoms with E-state index in [1.807, 2.05) is 13.0 Å². The predicted octanol–water partition coefficient (Wildman–Crippen LogP) is 3.27. The lowest BCUT2D eigenvalue weighted by atomic mass is 10.3. The van der Waals surface area contributed by atoms with Crippen molar-refractivity contribution >= 4 is 33.2 Å². The van der Waals surface area contributed by atoms with Gasteiger partial charge in [-0.05, 0) is 57.9 Å². The summed E-state index contributed by atoms with van der Waals surface area (Å²) in [4.78, 5) is 11.5. The van der Waals surface area contributed by atoms with Crippen molar-refractivity contribution in [2.24, 2.45) is 0 Å². The minimum Gasteiger partial charge on any atom is -0.341 e. The van der Waals surface area contributed by atoms with Crippen LogP contribution in [0.3, 0.4) is 0 Å². The molecule has 0 atom stereocenters. The summed E-state index contributed by atoms with van der Waals surface area (Å²) in [5.74, 6) is 1.45. The quantitative estimate of drug-likeness (QED) is 0.553. The third-order valence-corrected chi connectivity index (χ3v) is 6.61. The molecule has 1 aliphatic rings. The number of benzene rings is 1. The molecule has 30 heavy (non-hydrogen) atoms. The highest BCUT2D eigenvalue weighted by molar-refractivity contribution is 7.92. The van der Waals surface area contributed by atoms with Gasteiger partial charge in [-0.25, -0.2) is 13.4 Å². The number of hydrogen-bond donors (Lipinski definition) is 3. The van der Waals surface area contributed by atoms with Gasteiger partial charge in [0, 0.05) is 36.2 Å².